The van der Waals surface area contributed by atoms with E-state index in [0.717, 1.165) is 19.1 Å². The van der Waals surface area contributed by atoms with Gasteiger partial charge in [-0.05, 0) is 48.8 Å². The Morgan fingerprint density at radius 3 is 2.93 bits per heavy atom. The predicted octanol–water partition coefficient (Wildman–Crippen LogP) is 2.94. The molecule has 80 valence electrons. The van der Waals surface area contributed by atoms with Gasteiger partial charge in [-0.2, -0.15) is 0 Å². The van der Waals surface area contributed by atoms with Gasteiger partial charge in [0.1, 0.15) is 6.29 Å². The zero-order valence-electron chi connectivity index (χ0n) is 9.33. The Labute approximate surface area is 91.5 Å². The van der Waals surface area contributed by atoms with Crippen molar-refractivity contribution in [1.82, 2.24) is 0 Å². The maximum atomic E-state index is 10.5. The molecule has 0 bridgehead atoms. The molecular formula is C14H18O. The van der Waals surface area contributed by atoms with Crippen LogP contribution in [0.5, 0.6) is 0 Å². The highest BCUT2D eigenvalue weighted by atomic mass is 16.1. The fourth-order valence-corrected chi connectivity index (χ4v) is 2.24. The van der Waals surface area contributed by atoms with Gasteiger partial charge in [0.15, 0.2) is 0 Å². The number of benzene rings is 1. The predicted molar refractivity (Wildman–Crippen MR) is 62.0 cm³/mol. The third-order valence-electron chi connectivity index (χ3n) is 3.28. The van der Waals surface area contributed by atoms with Crippen LogP contribution in [0, 0.1) is 5.92 Å². The van der Waals surface area contributed by atoms with E-state index in [1.807, 2.05) is 6.92 Å². The fourth-order valence-electron chi connectivity index (χ4n) is 2.24. The van der Waals surface area contributed by atoms with E-state index in [-0.39, 0.29) is 5.92 Å². The molecule has 15 heavy (non-hydrogen) atoms. The summed E-state index contributed by atoms with van der Waals surface area (Å²) in [7, 11) is 0. The first-order valence-corrected chi connectivity index (χ1v) is 5.85. The van der Waals surface area contributed by atoms with Crippen LogP contribution in [0.25, 0.3) is 0 Å². The highest BCUT2D eigenvalue weighted by molar-refractivity contribution is 5.52. The maximum absolute atomic E-state index is 10.5. The van der Waals surface area contributed by atoms with Gasteiger partial charge in [0.2, 0.25) is 0 Å². The van der Waals surface area contributed by atoms with Gasteiger partial charge in [0, 0.05) is 5.92 Å². The summed E-state index contributed by atoms with van der Waals surface area (Å²) in [5.74, 6) is 0.193. The highest BCUT2D eigenvalue weighted by Gasteiger charge is 2.10. The molecule has 0 amide bonds. The topological polar surface area (TPSA) is 17.1 Å². The van der Waals surface area contributed by atoms with Crippen LogP contribution in [0.2, 0.25) is 0 Å². The fraction of sp³-hybridized carbons (Fsp3) is 0.500. The van der Waals surface area contributed by atoms with Gasteiger partial charge in [-0.3, -0.25) is 0 Å². The van der Waals surface area contributed by atoms with Crippen molar-refractivity contribution in [3.05, 3.63) is 34.9 Å². The monoisotopic (exact) mass is 202 g/mol. The molecule has 0 fully saturated rings. The van der Waals surface area contributed by atoms with Crippen molar-refractivity contribution in [1.29, 1.82) is 0 Å². The quantitative estimate of drug-likeness (QED) is 0.686. The maximum Gasteiger partial charge on any atom is 0.122 e. The Kier molecular flexibility index (Phi) is 3.20. The first kappa shape index (κ1) is 10.4. The minimum Gasteiger partial charge on any atom is -0.303 e. The van der Waals surface area contributed by atoms with Crippen molar-refractivity contribution < 1.29 is 4.79 Å². The van der Waals surface area contributed by atoms with E-state index in [2.05, 4.69) is 18.2 Å². The standard InChI is InChI=1S/C14H18O/c1-11(10-15)5-6-12-7-8-13-3-2-4-14(13)9-12/h7-11H,2-6H2,1H3. The number of carbonyl (C=O) groups excluding carboxylic acids is 1. The molecule has 2 rings (SSSR count). The van der Waals surface area contributed by atoms with E-state index in [1.54, 1.807) is 0 Å². The zero-order valence-corrected chi connectivity index (χ0v) is 9.33. The Bertz CT molecular complexity index is 354. The second-order valence-electron chi connectivity index (χ2n) is 4.61. The van der Waals surface area contributed by atoms with Crippen molar-refractivity contribution in [3.8, 4) is 0 Å². The van der Waals surface area contributed by atoms with E-state index < -0.39 is 0 Å². The molecule has 1 heteroatoms. The molecule has 1 aliphatic rings. The number of aryl methyl sites for hydroxylation is 3. The molecule has 1 aliphatic carbocycles. The Hall–Kier alpha value is -1.11. The number of carbonyl (C=O) groups is 1. The van der Waals surface area contributed by atoms with Crippen molar-refractivity contribution in [2.45, 2.75) is 39.0 Å². The Morgan fingerprint density at radius 2 is 2.13 bits per heavy atom. The molecule has 1 aromatic rings. The molecule has 1 unspecified atom stereocenters. The van der Waals surface area contributed by atoms with Gasteiger partial charge < -0.3 is 4.79 Å². The van der Waals surface area contributed by atoms with Gasteiger partial charge in [-0.25, -0.2) is 0 Å². The van der Waals surface area contributed by atoms with Crippen LogP contribution < -0.4 is 0 Å². The van der Waals surface area contributed by atoms with Crippen LogP contribution in [0.1, 0.15) is 36.5 Å². The molecule has 0 aromatic heterocycles. The summed E-state index contributed by atoms with van der Waals surface area (Å²) in [6.07, 6.45) is 6.86. The minimum atomic E-state index is 0.193. The zero-order chi connectivity index (χ0) is 10.7. The molecule has 0 saturated carbocycles. The van der Waals surface area contributed by atoms with Crippen molar-refractivity contribution in [2.24, 2.45) is 5.92 Å². The second-order valence-corrected chi connectivity index (χ2v) is 4.61. The molecule has 0 spiro atoms. The van der Waals surface area contributed by atoms with E-state index in [4.69, 9.17) is 0 Å². The summed E-state index contributed by atoms with van der Waals surface area (Å²) in [6.45, 7) is 1.99. The molecular weight excluding hydrogens is 184 g/mol. The minimum absolute atomic E-state index is 0.193. The summed E-state index contributed by atoms with van der Waals surface area (Å²) in [4.78, 5) is 10.5. The van der Waals surface area contributed by atoms with E-state index in [0.29, 0.717) is 0 Å². The molecule has 1 atom stereocenters. The SMILES string of the molecule is CC(C=O)CCc1ccc2c(c1)CCC2. The summed E-state index contributed by atoms with van der Waals surface area (Å²) in [6, 6.07) is 6.82. The van der Waals surface area contributed by atoms with E-state index in [1.165, 1.54) is 36.0 Å². The van der Waals surface area contributed by atoms with Crippen molar-refractivity contribution in [3.63, 3.8) is 0 Å². The lowest BCUT2D eigenvalue weighted by molar-refractivity contribution is -0.110. The Morgan fingerprint density at radius 1 is 1.33 bits per heavy atom. The molecule has 0 heterocycles. The second kappa shape index (κ2) is 4.61. The molecule has 1 aromatic carbocycles. The normalized spacial score (nSPS) is 16.1. The summed E-state index contributed by atoms with van der Waals surface area (Å²) < 4.78 is 0. The van der Waals surface area contributed by atoms with Crippen LogP contribution in [0.15, 0.2) is 18.2 Å². The first-order chi connectivity index (χ1) is 7.29. The number of rotatable bonds is 4. The lowest BCUT2D eigenvalue weighted by Crippen LogP contribution is -1.98. The van der Waals surface area contributed by atoms with Crippen molar-refractivity contribution in [2.75, 3.05) is 0 Å². The highest BCUT2D eigenvalue weighted by Crippen LogP contribution is 2.23. The van der Waals surface area contributed by atoms with Gasteiger partial charge in [-0.1, -0.05) is 25.1 Å². The molecule has 0 radical (unpaired) electrons. The summed E-state index contributed by atoms with van der Waals surface area (Å²) in [5.41, 5.74) is 4.46. The average Bonchev–Trinajstić information content (AvgIpc) is 2.72. The van der Waals surface area contributed by atoms with Gasteiger partial charge in [0.05, 0.1) is 0 Å². The lowest BCUT2D eigenvalue weighted by Gasteiger charge is -2.06. The van der Waals surface area contributed by atoms with E-state index in [9.17, 15) is 4.79 Å². The van der Waals surface area contributed by atoms with Crippen molar-refractivity contribution >= 4 is 6.29 Å². The van der Waals surface area contributed by atoms with Gasteiger partial charge in [-0.15, -0.1) is 0 Å². The van der Waals surface area contributed by atoms with E-state index >= 15 is 0 Å². The van der Waals surface area contributed by atoms with Crippen LogP contribution in [0.4, 0.5) is 0 Å². The molecule has 0 aliphatic heterocycles. The smallest absolute Gasteiger partial charge is 0.122 e. The summed E-state index contributed by atoms with van der Waals surface area (Å²) >= 11 is 0. The lowest BCUT2D eigenvalue weighted by atomic mass is 9.99. The van der Waals surface area contributed by atoms with Crippen LogP contribution in [-0.2, 0) is 24.1 Å². The number of hydrogen-bond donors (Lipinski definition) is 0. The molecule has 1 nitrogen and oxygen atoms in total. The van der Waals surface area contributed by atoms with Gasteiger partial charge >= 0.3 is 0 Å². The number of aldehydes is 1. The first-order valence-electron chi connectivity index (χ1n) is 5.85. The molecule has 0 N–H and O–H groups in total. The number of hydrogen-bond acceptors (Lipinski definition) is 1. The van der Waals surface area contributed by atoms with Crippen LogP contribution >= 0.6 is 0 Å². The average molecular weight is 202 g/mol. The third kappa shape index (κ3) is 2.47. The van der Waals surface area contributed by atoms with Crippen LogP contribution in [0.3, 0.4) is 0 Å². The molecule has 0 saturated heterocycles. The Balaban J connectivity index is 2.00. The van der Waals surface area contributed by atoms with Crippen LogP contribution in [-0.4, -0.2) is 6.29 Å². The third-order valence-corrected chi connectivity index (χ3v) is 3.28. The number of fused-ring (bicyclic) bond motifs is 1. The summed E-state index contributed by atoms with van der Waals surface area (Å²) in [5, 5.41) is 0. The van der Waals surface area contributed by atoms with Gasteiger partial charge in [0.25, 0.3) is 0 Å². The largest absolute Gasteiger partial charge is 0.303 e.